The van der Waals surface area contributed by atoms with Crippen LogP contribution in [0.1, 0.15) is 10.4 Å². The van der Waals surface area contributed by atoms with Gasteiger partial charge in [-0.3, -0.25) is 25.8 Å². The molecule has 0 aliphatic rings. The van der Waals surface area contributed by atoms with Gasteiger partial charge in [0, 0.05) is 15.7 Å². The Morgan fingerprint density at radius 1 is 1.00 bits per heavy atom. The number of rotatable bonds is 6. The normalized spacial score (nSPS) is 10.1. The molecule has 3 N–H and O–H groups in total. The molecule has 0 fully saturated rings. The van der Waals surface area contributed by atoms with Crippen molar-refractivity contribution in [3.8, 4) is 0 Å². The number of halogens is 1. The fraction of sp³-hybridized carbons (Fsp3) is 0. The molecule has 1 heterocycles. The minimum absolute atomic E-state index is 0.00576. The SMILES string of the molecule is O=C(NNc1ncnc(Nc2ccc(Br)cc2)c1[N+](=O)[O-])c1ccccc1. The Bertz CT molecular complexity index is 966. The number of nitrogens with zero attached hydrogens (tertiary/aromatic N) is 3. The highest BCUT2D eigenvalue weighted by Crippen LogP contribution is 2.31. The number of amides is 1. The van der Waals surface area contributed by atoms with Crippen molar-refractivity contribution in [2.45, 2.75) is 0 Å². The molecule has 0 spiro atoms. The molecular weight excluding hydrogens is 416 g/mol. The molecule has 1 aromatic heterocycles. The molecule has 1 amide bonds. The second-order valence-electron chi connectivity index (χ2n) is 5.25. The third-order valence-electron chi connectivity index (χ3n) is 3.44. The summed E-state index contributed by atoms with van der Waals surface area (Å²) in [5, 5.41) is 14.4. The van der Waals surface area contributed by atoms with Gasteiger partial charge in [0.15, 0.2) is 0 Å². The van der Waals surface area contributed by atoms with Gasteiger partial charge >= 0.3 is 5.69 Å². The van der Waals surface area contributed by atoms with Gasteiger partial charge in [-0.25, -0.2) is 9.97 Å². The molecule has 0 unspecified atom stereocenters. The van der Waals surface area contributed by atoms with E-state index in [-0.39, 0.29) is 11.6 Å². The van der Waals surface area contributed by atoms with E-state index < -0.39 is 16.5 Å². The first-order valence-electron chi connectivity index (χ1n) is 7.68. The summed E-state index contributed by atoms with van der Waals surface area (Å²) in [6.45, 7) is 0. The van der Waals surface area contributed by atoms with Crippen LogP contribution in [-0.4, -0.2) is 20.8 Å². The first kappa shape index (κ1) is 18.3. The van der Waals surface area contributed by atoms with Gasteiger partial charge in [0.1, 0.15) is 6.33 Å². The van der Waals surface area contributed by atoms with Crippen LogP contribution in [0.15, 0.2) is 65.4 Å². The first-order chi connectivity index (χ1) is 13.0. The van der Waals surface area contributed by atoms with Crippen LogP contribution in [0.5, 0.6) is 0 Å². The van der Waals surface area contributed by atoms with E-state index in [0.29, 0.717) is 11.3 Å². The summed E-state index contributed by atoms with van der Waals surface area (Å²) in [6.07, 6.45) is 1.16. The number of hydrogen-bond donors (Lipinski definition) is 3. The quantitative estimate of drug-likeness (QED) is 0.404. The maximum Gasteiger partial charge on any atom is 0.355 e. The monoisotopic (exact) mass is 428 g/mol. The number of hydrazine groups is 1. The van der Waals surface area contributed by atoms with Crippen molar-refractivity contribution in [2.24, 2.45) is 0 Å². The van der Waals surface area contributed by atoms with Crippen LogP contribution >= 0.6 is 15.9 Å². The summed E-state index contributed by atoms with van der Waals surface area (Å²) in [5.41, 5.74) is 5.49. The van der Waals surface area contributed by atoms with Crippen molar-refractivity contribution < 1.29 is 9.72 Å². The number of aromatic nitrogens is 2. The van der Waals surface area contributed by atoms with Crippen LogP contribution < -0.4 is 16.2 Å². The molecule has 27 heavy (non-hydrogen) atoms. The van der Waals surface area contributed by atoms with Crippen LogP contribution in [0.3, 0.4) is 0 Å². The topological polar surface area (TPSA) is 122 Å². The number of carbonyl (C=O) groups excluding carboxylic acids is 1. The largest absolute Gasteiger partial charge is 0.355 e. The summed E-state index contributed by atoms with van der Waals surface area (Å²) in [7, 11) is 0. The minimum atomic E-state index is -0.627. The van der Waals surface area contributed by atoms with Crippen LogP contribution in [0, 0.1) is 10.1 Å². The summed E-state index contributed by atoms with van der Waals surface area (Å²) < 4.78 is 0.871. The van der Waals surface area contributed by atoms with Gasteiger partial charge in [-0.15, -0.1) is 0 Å². The van der Waals surface area contributed by atoms with E-state index in [4.69, 9.17) is 0 Å². The van der Waals surface area contributed by atoms with Gasteiger partial charge in [0.05, 0.1) is 4.92 Å². The van der Waals surface area contributed by atoms with E-state index in [1.54, 1.807) is 54.6 Å². The van der Waals surface area contributed by atoms with E-state index in [2.05, 4.69) is 42.1 Å². The second kappa shape index (κ2) is 8.23. The Hall–Kier alpha value is -3.53. The molecule has 0 saturated carbocycles. The third kappa shape index (κ3) is 4.55. The highest BCUT2D eigenvalue weighted by atomic mass is 79.9. The molecule has 0 bridgehead atoms. The van der Waals surface area contributed by atoms with E-state index in [1.807, 2.05) is 0 Å². The Morgan fingerprint density at radius 3 is 2.33 bits per heavy atom. The second-order valence-corrected chi connectivity index (χ2v) is 6.17. The highest BCUT2D eigenvalue weighted by Gasteiger charge is 2.23. The van der Waals surface area contributed by atoms with Gasteiger partial charge in [-0.2, -0.15) is 0 Å². The van der Waals surface area contributed by atoms with Crippen LogP contribution in [0.25, 0.3) is 0 Å². The molecule has 10 heteroatoms. The van der Waals surface area contributed by atoms with Crippen molar-refractivity contribution in [1.82, 2.24) is 15.4 Å². The fourth-order valence-corrected chi connectivity index (χ4v) is 2.45. The van der Waals surface area contributed by atoms with E-state index in [1.165, 1.54) is 0 Å². The number of anilines is 3. The van der Waals surface area contributed by atoms with E-state index in [9.17, 15) is 14.9 Å². The molecule has 3 rings (SSSR count). The lowest BCUT2D eigenvalue weighted by Crippen LogP contribution is -2.30. The smallest absolute Gasteiger partial charge is 0.334 e. The Balaban J connectivity index is 1.82. The van der Waals surface area contributed by atoms with Gasteiger partial charge in [0.2, 0.25) is 11.6 Å². The number of hydrogen-bond acceptors (Lipinski definition) is 7. The predicted octanol–water partition coefficient (Wildman–Crippen LogP) is 3.65. The maximum atomic E-state index is 12.1. The summed E-state index contributed by atoms with van der Waals surface area (Å²) in [6, 6.07) is 15.5. The number of carbonyl (C=O) groups is 1. The van der Waals surface area contributed by atoms with E-state index >= 15 is 0 Å². The lowest BCUT2D eigenvalue weighted by molar-refractivity contribution is -0.383. The standard InChI is InChI=1S/C17H13BrN6O3/c18-12-6-8-13(9-7-12)21-15-14(24(26)27)16(20-10-19-15)22-23-17(25)11-4-2-1-3-5-11/h1-10H,(H,23,25)(H2,19,20,21,22). The zero-order valence-corrected chi connectivity index (χ0v) is 15.3. The van der Waals surface area contributed by atoms with Crippen molar-refractivity contribution in [3.05, 3.63) is 81.1 Å². The molecule has 0 atom stereocenters. The maximum absolute atomic E-state index is 12.1. The van der Waals surface area contributed by atoms with Crippen LogP contribution in [0.4, 0.5) is 23.0 Å². The number of nitrogens with one attached hydrogen (secondary N) is 3. The van der Waals surface area contributed by atoms with Gasteiger partial charge in [0.25, 0.3) is 5.91 Å². The molecule has 9 nitrogen and oxygen atoms in total. The van der Waals surface area contributed by atoms with E-state index in [0.717, 1.165) is 10.8 Å². The van der Waals surface area contributed by atoms with Crippen molar-refractivity contribution >= 4 is 44.8 Å². The average molecular weight is 429 g/mol. The van der Waals surface area contributed by atoms with Gasteiger partial charge < -0.3 is 5.32 Å². The molecular formula is C17H13BrN6O3. The molecule has 0 radical (unpaired) electrons. The lowest BCUT2D eigenvalue weighted by atomic mass is 10.2. The van der Waals surface area contributed by atoms with Crippen molar-refractivity contribution in [3.63, 3.8) is 0 Å². The molecule has 0 saturated heterocycles. The number of nitro groups is 1. The Kier molecular flexibility index (Phi) is 5.57. The zero-order chi connectivity index (χ0) is 19.2. The molecule has 3 aromatic rings. The fourth-order valence-electron chi connectivity index (χ4n) is 2.18. The number of benzene rings is 2. The molecule has 0 aliphatic heterocycles. The molecule has 0 aliphatic carbocycles. The lowest BCUT2D eigenvalue weighted by Gasteiger charge is -2.11. The molecule has 136 valence electrons. The summed E-state index contributed by atoms with van der Waals surface area (Å²) >= 11 is 3.32. The molecule has 2 aromatic carbocycles. The first-order valence-corrected chi connectivity index (χ1v) is 8.47. The van der Waals surface area contributed by atoms with Crippen LogP contribution in [0.2, 0.25) is 0 Å². The summed E-state index contributed by atoms with van der Waals surface area (Å²) in [5.74, 6) is -0.599. The predicted molar refractivity (Wildman–Crippen MR) is 104 cm³/mol. The third-order valence-corrected chi connectivity index (χ3v) is 3.97. The Morgan fingerprint density at radius 2 is 1.67 bits per heavy atom. The van der Waals surface area contributed by atoms with Crippen molar-refractivity contribution in [1.29, 1.82) is 0 Å². The Labute approximate surface area is 162 Å². The van der Waals surface area contributed by atoms with Crippen LogP contribution in [-0.2, 0) is 0 Å². The van der Waals surface area contributed by atoms with Gasteiger partial charge in [-0.1, -0.05) is 34.1 Å². The highest BCUT2D eigenvalue weighted by molar-refractivity contribution is 9.10. The summed E-state index contributed by atoms with van der Waals surface area (Å²) in [4.78, 5) is 30.8. The minimum Gasteiger partial charge on any atom is -0.334 e. The average Bonchev–Trinajstić information content (AvgIpc) is 2.68. The van der Waals surface area contributed by atoms with Gasteiger partial charge in [-0.05, 0) is 36.4 Å². The van der Waals surface area contributed by atoms with Crippen molar-refractivity contribution in [2.75, 3.05) is 10.7 Å². The zero-order valence-electron chi connectivity index (χ0n) is 13.7.